The van der Waals surface area contributed by atoms with Gasteiger partial charge >= 0.3 is 5.69 Å². The average molecular weight is 320 g/mol. The Hall–Kier alpha value is -3.15. The van der Waals surface area contributed by atoms with Gasteiger partial charge in [0.15, 0.2) is 11.2 Å². The molecule has 0 radical (unpaired) electrons. The van der Waals surface area contributed by atoms with Crippen LogP contribution in [0.3, 0.4) is 0 Å². The number of hydrogen-bond donors (Lipinski definition) is 0. The minimum atomic E-state index is -0.380. The molecule has 0 N–H and O–H groups in total. The van der Waals surface area contributed by atoms with Gasteiger partial charge in [-0.05, 0) is 10.8 Å². The van der Waals surface area contributed by atoms with Crippen LogP contribution in [0.5, 0.6) is 0 Å². The Morgan fingerprint density at radius 3 is 2.33 bits per heavy atom. The lowest BCUT2D eigenvalue weighted by molar-refractivity contribution is 0.705. The fourth-order valence-electron chi connectivity index (χ4n) is 3.18. The summed E-state index contributed by atoms with van der Waals surface area (Å²) in [4.78, 5) is 29.3. The van der Waals surface area contributed by atoms with E-state index in [2.05, 4.69) is 4.98 Å². The monoisotopic (exact) mass is 320 g/mol. The summed E-state index contributed by atoms with van der Waals surface area (Å²) in [5.41, 5.74) is 1.03. The van der Waals surface area contributed by atoms with Crippen LogP contribution in [0.15, 0.2) is 52.1 Å². The van der Waals surface area contributed by atoms with Crippen molar-refractivity contribution in [1.82, 2.24) is 18.7 Å². The molecular weight excluding hydrogens is 304 g/mol. The van der Waals surface area contributed by atoms with Gasteiger partial charge in [0.2, 0.25) is 0 Å². The van der Waals surface area contributed by atoms with Gasteiger partial charge in [-0.25, -0.2) is 9.78 Å². The van der Waals surface area contributed by atoms with Crippen LogP contribution in [-0.2, 0) is 21.1 Å². The summed E-state index contributed by atoms with van der Waals surface area (Å²) >= 11 is 0. The zero-order valence-corrected chi connectivity index (χ0v) is 13.6. The van der Waals surface area contributed by atoms with Crippen LogP contribution in [0.1, 0.15) is 0 Å². The Labute approximate surface area is 137 Å². The van der Waals surface area contributed by atoms with E-state index in [0.717, 1.165) is 20.9 Å². The zero-order chi connectivity index (χ0) is 17.0. The Morgan fingerprint density at radius 1 is 0.833 bits per heavy atom. The van der Waals surface area contributed by atoms with E-state index in [1.807, 2.05) is 42.5 Å². The molecule has 6 nitrogen and oxygen atoms in total. The van der Waals surface area contributed by atoms with Crippen LogP contribution in [-0.4, -0.2) is 18.7 Å². The molecule has 0 spiro atoms. The summed E-state index contributed by atoms with van der Waals surface area (Å²) < 4.78 is 4.28. The number of hydrogen-bond acceptors (Lipinski definition) is 3. The molecule has 0 unspecified atom stereocenters. The maximum Gasteiger partial charge on any atom is 0.332 e. The second kappa shape index (κ2) is 4.92. The zero-order valence-electron chi connectivity index (χ0n) is 13.6. The molecule has 0 aliphatic carbocycles. The first-order valence-electron chi connectivity index (χ1n) is 7.61. The number of benzene rings is 2. The molecule has 2 aromatic heterocycles. The van der Waals surface area contributed by atoms with Crippen molar-refractivity contribution in [3.05, 3.63) is 63.3 Å². The van der Waals surface area contributed by atoms with E-state index < -0.39 is 0 Å². The number of fused-ring (bicyclic) bond motifs is 2. The van der Waals surface area contributed by atoms with Crippen molar-refractivity contribution in [1.29, 1.82) is 0 Å². The molecule has 0 fully saturated rings. The van der Waals surface area contributed by atoms with Gasteiger partial charge in [0.25, 0.3) is 5.56 Å². The lowest BCUT2D eigenvalue weighted by atomic mass is 10.0. The van der Waals surface area contributed by atoms with E-state index in [1.54, 1.807) is 18.7 Å². The topological polar surface area (TPSA) is 61.8 Å². The highest BCUT2D eigenvalue weighted by Crippen LogP contribution is 2.28. The van der Waals surface area contributed by atoms with Gasteiger partial charge in [-0.3, -0.25) is 13.9 Å². The number of nitrogens with zero attached hydrogens (tertiary/aromatic N) is 4. The minimum Gasteiger partial charge on any atom is -0.321 e. The van der Waals surface area contributed by atoms with Crippen molar-refractivity contribution < 1.29 is 0 Å². The van der Waals surface area contributed by atoms with E-state index in [0.29, 0.717) is 17.0 Å². The minimum absolute atomic E-state index is 0.338. The maximum atomic E-state index is 12.5. The van der Waals surface area contributed by atoms with Crippen LogP contribution in [0.2, 0.25) is 0 Å². The normalized spacial score (nSPS) is 11.5. The van der Waals surface area contributed by atoms with E-state index in [1.165, 1.54) is 11.6 Å². The summed E-state index contributed by atoms with van der Waals surface area (Å²) in [5.74, 6) is 0.667. The second-order valence-electron chi connectivity index (χ2n) is 5.90. The lowest BCUT2D eigenvalue weighted by Gasteiger charge is -2.06. The summed E-state index contributed by atoms with van der Waals surface area (Å²) in [6, 6.07) is 14.0. The van der Waals surface area contributed by atoms with Gasteiger partial charge in [-0.15, -0.1) is 0 Å². The van der Waals surface area contributed by atoms with Crippen molar-refractivity contribution in [3.8, 4) is 11.4 Å². The predicted octanol–water partition coefficient (Wildman–Crippen LogP) is 1.79. The molecular formula is C18H16N4O2. The first kappa shape index (κ1) is 14.4. The van der Waals surface area contributed by atoms with E-state index in [4.69, 9.17) is 0 Å². The largest absolute Gasteiger partial charge is 0.332 e. The molecule has 0 bridgehead atoms. The van der Waals surface area contributed by atoms with Crippen molar-refractivity contribution >= 4 is 21.9 Å². The summed E-state index contributed by atoms with van der Waals surface area (Å²) in [5, 5.41) is 2.16. The Balaban J connectivity index is 2.18. The molecule has 24 heavy (non-hydrogen) atoms. The van der Waals surface area contributed by atoms with E-state index in [-0.39, 0.29) is 11.2 Å². The number of aromatic nitrogens is 4. The summed E-state index contributed by atoms with van der Waals surface area (Å²) in [6.45, 7) is 0. The molecule has 0 saturated carbocycles. The molecule has 0 amide bonds. The SMILES string of the molecule is Cn1c(=O)c2c(nc(-c3cccc4ccccc34)n2C)n(C)c1=O. The number of rotatable bonds is 1. The average Bonchev–Trinajstić information content (AvgIpc) is 2.95. The lowest BCUT2D eigenvalue weighted by Crippen LogP contribution is -2.37. The van der Waals surface area contributed by atoms with Crippen LogP contribution < -0.4 is 11.2 Å². The fourth-order valence-corrected chi connectivity index (χ4v) is 3.18. The van der Waals surface area contributed by atoms with Gasteiger partial charge in [0, 0.05) is 26.7 Å². The molecule has 6 heteroatoms. The molecule has 120 valence electrons. The summed E-state index contributed by atoms with van der Waals surface area (Å²) in [7, 11) is 4.91. The van der Waals surface area contributed by atoms with E-state index >= 15 is 0 Å². The van der Waals surface area contributed by atoms with Gasteiger partial charge in [-0.1, -0.05) is 42.5 Å². The highest BCUT2D eigenvalue weighted by Gasteiger charge is 2.18. The molecule has 2 aromatic carbocycles. The Morgan fingerprint density at radius 2 is 1.54 bits per heavy atom. The van der Waals surface area contributed by atoms with Crippen LogP contribution in [0.25, 0.3) is 33.3 Å². The highest BCUT2D eigenvalue weighted by atomic mass is 16.2. The molecule has 0 atom stereocenters. The number of aryl methyl sites for hydroxylation is 2. The van der Waals surface area contributed by atoms with Gasteiger partial charge in [0.05, 0.1) is 0 Å². The maximum absolute atomic E-state index is 12.5. The fraction of sp³-hybridized carbons (Fsp3) is 0.167. The van der Waals surface area contributed by atoms with Gasteiger partial charge in [-0.2, -0.15) is 0 Å². The quantitative estimate of drug-likeness (QED) is 0.537. The van der Waals surface area contributed by atoms with Crippen LogP contribution in [0.4, 0.5) is 0 Å². The highest BCUT2D eigenvalue weighted by molar-refractivity contribution is 5.96. The molecule has 0 aliphatic rings. The molecule has 0 saturated heterocycles. The second-order valence-corrected chi connectivity index (χ2v) is 5.90. The summed E-state index contributed by atoms with van der Waals surface area (Å²) in [6.07, 6.45) is 0. The van der Waals surface area contributed by atoms with Crippen molar-refractivity contribution in [2.24, 2.45) is 21.1 Å². The third-order valence-corrected chi connectivity index (χ3v) is 4.51. The third-order valence-electron chi connectivity index (χ3n) is 4.51. The Bertz CT molecular complexity index is 1220. The standard InChI is InChI=1S/C18H16N4O2/c1-20-14-16(21(2)18(24)22(3)17(14)23)19-15(20)13-10-6-8-11-7-4-5-9-12(11)13/h4-10H,1-3H3. The van der Waals surface area contributed by atoms with Crippen molar-refractivity contribution in [3.63, 3.8) is 0 Å². The first-order valence-corrected chi connectivity index (χ1v) is 7.61. The predicted molar refractivity (Wildman–Crippen MR) is 94.1 cm³/mol. The van der Waals surface area contributed by atoms with Crippen molar-refractivity contribution in [2.45, 2.75) is 0 Å². The molecule has 2 heterocycles. The molecule has 0 aliphatic heterocycles. The van der Waals surface area contributed by atoms with Crippen LogP contribution >= 0.6 is 0 Å². The third kappa shape index (κ3) is 1.79. The van der Waals surface area contributed by atoms with Gasteiger partial charge < -0.3 is 4.57 Å². The van der Waals surface area contributed by atoms with Crippen molar-refractivity contribution in [2.75, 3.05) is 0 Å². The first-order chi connectivity index (χ1) is 11.5. The Kier molecular flexibility index (Phi) is 2.96. The van der Waals surface area contributed by atoms with E-state index in [9.17, 15) is 9.59 Å². The van der Waals surface area contributed by atoms with Gasteiger partial charge in [0.1, 0.15) is 5.82 Å². The number of imidazole rings is 1. The molecule has 4 aromatic rings. The smallest absolute Gasteiger partial charge is 0.321 e. The van der Waals surface area contributed by atoms with Crippen LogP contribution in [0, 0.1) is 0 Å². The molecule has 4 rings (SSSR count).